The smallest absolute Gasteiger partial charge is 0.344 e. The van der Waals surface area contributed by atoms with Crippen molar-refractivity contribution in [2.75, 3.05) is 12.3 Å². The zero-order valence-electron chi connectivity index (χ0n) is 19.1. The maximum Gasteiger partial charge on any atom is 0.344 e. The van der Waals surface area contributed by atoms with Gasteiger partial charge in [-0.1, -0.05) is 58.4 Å². The fourth-order valence-electron chi connectivity index (χ4n) is 3.72. The number of ether oxygens (including phenoxy) is 1. The van der Waals surface area contributed by atoms with Crippen molar-refractivity contribution in [1.29, 1.82) is 0 Å². The lowest BCUT2D eigenvalue weighted by atomic mass is 9.99. The van der Waals surface area contributed by atoms with E-state index in [0.29, 0.717) is 35.0 Å². The minimum atomic E-state index is -0.465. The van der Waals surface area contributed by atoms with E-state index < -0.39 is 5.97 Å². The van der Waals surface area contributed by atoms with Crippen LogP contribution in [0.1, 0.15) is 62.4 Å². The van der Waals surface area contributed by atoms with Gasteiger partial charge < -0.3 is 10.5 Å². The molecule has 0 aliphatic rings. The third-order valence-electron chi connectivity index (χ3n) is 6.23. The Labute approximate surface area is 188 Å². The number of hydrogen-bond donors (Lipinski definition) is 1. The lowest BCUT2D eigenvalue weighted by molar-refractivity contribution is 0.0450. The van der Waals surface area contributed by atoms with Crippen molar-refractivity contribution in [2.45, 2.75) is 46.5 Å². The van der Waals surface area contributed by atoms with Crippen LogP contribution in [0, 0.1) is 5.92 Å². The maximum absolute atomic E-state index is 13.1. The van der Waals surface area contributed by atoms with E-state index in [9.17, 15) is 4.79 Å². The van der Waals surface area contributed by atoms with Gasteiger partial charge in [-0.25, -0.2) is 14.8 Å². The van der Waals surface area contributed by atoms with Crippen LogP contribution in [0.15, 0.2) is 48.5 Å². The molecule has 0 amide bonds. The molecule has 0 radical (unpaired) electrons. The van der Waals surface area contributed by atoms with E-state index in [0.717, 1.165) is 24.0 Å². The number of carbonyl (C=O) groups excluding carboxylic acids is 1. The average Bonchev–Trinajstić information content (AvgIpc) is 3.10. The van der Waals surface area contributed by atoms with Gasteiger partial charge in [0.15, 0.2) is 5.65 Å². The number of rotatable bonds is 7. The Morgan fingerprint density at radius 2 is 1.66 bits per heavy atom. The van der Waals surface area contributed by atoms with Crippen molar-refractivity contribution in [3.05, 3.63) is 59.7 Å². The van der Waals surface area contributed by atoms with E-state index in [1.54, 1.807) is 4.57 Å². The van der Waals surface area contributed by atoms with Crippen LogP contribution in [0.25, 0.3) is 27.9 Å². The molecule has 4 aromatic rings. The van der Waals surface area contributed by atoms with Gasteiger partial charge in [0.1, 0.15) is 16.9 Å². The highest BCUT2D eigenvalue weighted by molar-refractivity contribution is 6.09. The zero-order valence-corrected chi connectivity index (χ0v) is 19.1. The summed E-state index contributed by atoms with van der Waals surface area (Å²) in [4.78, 5) is 22.6. The number of nitrogens with two attached hydrogens (primary N) is 1. The Kier molecular flexibility index (Phi) is 6.12. The van der Waals surface area contributed by atoms with Crippen LogP contribution in [0.4, 0.5) is 5.82 Å². The molecule has 0 aliphatic carbocycles. The van der Waals surface area contributed by atoms with Crippen molar-refractivity contribution in [1.82, 2.24) is 14.5 Å². The summed E-state index contributed by atoms with van der Waals surface area (Å²) < 4.78 is 7.40. The summed E-state index contributed by atoms with van der Waals surface area (Å²) in [6.45, 7) is 8.84. The molecule has 2 N–H and O–H groups in total. The van der Waals surface area contributed by atoms with E-state index in [2.05, 4.69) is 32.9 Å². The molecular formula is C26H30N4O2. The van der Waals surface area contributed by atoms with Crippen LogP contribution in [-0.2, 0) is 4.74 Å². The Morgan fingerprint density at radius 3 is 2.28 bits per heavy atom. The monoisotopic (exact) mass is 430 g/mol. The largest absolute Gasteiger partial charge is 0.462 e. The van der Waals surface area contributed by atoms with Crippen molar-refractivity contribution in [2.24, 2.45) is 5.92 Å². The fourth-order valence-corrected chi connectivity index (χ4v) is 3.72. The van der Waals surface area contributed by atoms with Crippen LogP contribution in [0.3, 0.4) is 0 Å². The molecule has 2 heterocycles. The molecule has 0 bridgehead atoms. The first-order valence-electron chi connectivity index (χ1n) is 11.3. The van der Waals surface area contributed by atoms with E-state index in [4.69, 9.17) is 20.4 Å². The van der Waals surface area contributed by atoms with Crippen molar-refractivity contribution < 1.29 is 9.53 Å². The molecule has 0 saturated carbocycles. The van der Waals surface area contributed by atoms with Gasteiger partial charge in [-0.2, -0.15) is 0 Å². The molecule has 32 heavy (non-hydrogen) atoms. The summed E-state index contributed by atoms with van der Waals surface area (Å²) in [6, 6.07) is 15.8. The Bertz CT molecular complexity index is 1260. The molecule has 2 aromatic carbocycles. The molecule has 6 nitrogen and oxygen atoms in total. The highest BCUT2D eigenvalue weighted by atomic mass is 16.5. The Hall–Kier alpha value is -3.41. The van der Waals surface area contributed by atoms with Crippen LogP contribution >= 0.6 is 0 Å². The van der Waals surface area contributed by atoms with Crippen molar-refractivity contribution >= 4 is 34.0 Å². The number of nitrogens with zero attached hydrogens (tertiary/aromatic N) is 3. The Morgan fingerprint density at radius 1 is 1.00 bits per heavy atom. The molecule has 0 saturated heterocycles. The number of para-hydroxylation sites is 2. The van der Waals surface area contributed by atoms with Crippen LogP contribution in [0.2, 0.25) is 0 Å². The van der Waals surface area contributed by atoms with E-state index >= 15 is 0 Å². The summed E-state index contributed by atoms with van der Waals surface area (Å²) >= 11 is 0. The summed E-state index contributed by atoms with van der Waals surface area (Å²) in [7, 11) is 0. The van der Waals surface area contributed by atoms with Gasteiger partial charge in [-0.3, -0.25) is 4.57 Å². The molecule has 166 valence electrons. The quantitative estimate of drug-likeness (QED) is 0.371. The van der Waals surface area contributed by atoms with Gasteiger partial charge in [0.05, 0.1) is 17.6 Å². The standard InChI is InChI=1S/C26H30N4O2/c1-5-16(3)15-32-26(31)22-23-25(29-21-10-8-7-9-20(21)28-23)30(24(22)27)19-13-11-18(12-14-19)17(4)6-2/h7-14,16-17H,5-6,15,27H2,1-4H3/t16-,17-/m0/s1. The van der Waals surface area contributed by atoms with Gasteiger partial charge in [-0.05, 0) is 48.1 Å². The summed E-state index contributed by atoms with van der Waals surface area (Å²) in [5.74, 6) is 0.569. The molecular weight excluding hydrogens is 400 g/mol. The van der Waals surface area contributed by atoms with Crippen molar-refractivity contribution in [3.63, 3.8) is 0 Å². The lowest BCUT2D eigenvalue weighted by Gasteiger charge is -2.12. The SMILES string of the molecule is CC[C@H](C)COC(=O)c1c(N)n(-c2ccc([C@@H](C)CC)cc2)c2nc3ccccc3nc12. The van der Waals surface area contributed by atoms with Crippen LogP contribution in [0.5, 0.6) is 0 Å². The number of fused-ring (bicyclic) bond motifs is 2. The fraction of sp³-hybridized carbons (Fsp3) is 0.346. The minimum absolute atomic E-state index is 0.271. The highest BCUT2D eigenvalue weighted by Crippen LogP contribution is 2.32. The molecule has 0 spiro atoms. The maximum atomic E-state index is 13.1. The number of benzene rings is 2. The molecule has 6 heteroatoms. The van der Waals surface area contributed by atoms with Gasteiger partial charge >= 0.3 is 5.97 Å². The van der Waals surface area contributed by atoms with Gasteiger partial charge in [0.2, 0.25) is 0 Å². The first-order valence-corrected chi connectivity index (χ1v) is 11.3. The number of hydrogen-bond acceptors (Lipinski definition) is 5. The summed E-state index contributed by atoms with van der Waals surface area (Å²) in [5, 5.41) is 0. The number of aromatic nitrogens is 3. The van der Waals surface area contributed by atoms with Gasteiger partial charge in [0.25, 0.3) is 0 Å². The Balaban J connectivity index is 1.89. The summed E-state index contributed by atoms with van der Waals surface area (Å²) in [5.41, 5.74) is 11.4. The lowest BCUT2D eigenvalue weighted by Crippen LogP contribution is -2.13. The van der Waals surface area contributed by atoms with E-state index in [1.165, 1.54) is 5.56 Å². The zero-order chi connectivity index (χ0) is 22.8. The van der Waals surface area contributed by atoms with E-state index in [-0.39, 0.29) is 11.5 Å². The van der Waals surface area contributed by atoms with Gasteiger partial charge in [0, 0.05) is 5.69 Å². The topological polar surface area (TPSA) is 83.0 Å². The molecule has 0 fully saturated rings. The molecule has 0 aliphatic heterocycles. The van der Waals surface area contributed by atoms with Crippen LogP contribution in [-0.4, -0.2) is 27.1 Å². The normalized spacial score (nSPS) is 13.4. The predicted molar refractivity (Wildman–Crippen MR) is 129 cm³/mol. The average molecular weight is 431 g/mol. The first-order chi connectivity index (χ1) is 15.4. The van der Waals surface area contributed by atoms with Crippen LogP contribution < -0.4 is 5.73 Å². The number of carbonyl (C=O) groups is 1. The summed E-state index contributed by atoms with van der Waals surface area (Å²) in [6.07, 6.45) is 2.00. The molecule has 2 aromatic heterocycles. The van der Waals surface area contributed by atoms with Crippen molar-refractivity contribution in [3.8, 4) is 5.69 Å². The third-order valence-corrected chi connectivity index (χ3v) is 6.23. The molecule has 0 unspecified atom stereocenters. The second kappa shape index (κ2) is 8.99. The predicted octanol–water partition coefficient (Wildman–Crippen LogP) is 5.87. The molecule has 4 rings (SSSR count). The number of nitrogen functional groups attached to an aromatic ring is 1. The molecule has 2 atom stereocenters. The second-order valence-electron chi connectivity index (χ2n) is 8.49. The number of anilines is 1. The highest BCUT2D eigenvalue weighted by Gasteiger charge is 2.26. The first kappa shape index (κ1) is 21.8. The third kappa shape index (κ3) is 3.93. The van der Waals surface area contributed by atoms with Gasteiger partial charge in [-0.15, -0.1) is 0 Å². The van der Waals surface area contributed by atoms with E-state index in [1.807, 2.05) is 43.3 Å². The second-order valence-corrected chi connectivity index (χ2v) is 8.49. The minimum Gasteiger partial charge on any atom is -0.462 e. The number of esters is 1.